The highest BCUT2D eigenvalue weighted by molar-refractivity contribution is 8.00. The van der Waals surface area contributed by atoms with E-state index in [9.17, 15) is 24.3 Å². The van der Waals surface area contributed by atoms with Gasteiger partial charge in [-0.2, -0.15) is 0 Å². The number of carboxylic acids is 1. The molecule has 3 rings (SSSR count). The molecule has 1 saturated heterocycles. The van der Waals surface area contributed by atoms with E-state index in [2.05, 4.69) is 20.8 Å². The highest BCUT2D eigenvalue weighted by atomic mass is 32.2. The van der Waals surface area contributed by atoms with Gasteiger partial charge in [0.05, 0.1) is 0 Å². The molecule has 0 spiro atoms. The highest BCUT2D eigenvalue weighted by Gasteiger charge is 2.54. The van der Waals surface area contributed by atoms with Crippen LogP contribution in [0.1, 0.15) is 26.0 Å². The minimum Gasteiger partial charge on any atom is -0.477 e. The Morgan fingerprint density at radius 3 is 2.90 bits per heavy atom. The lowest BCUT2D eigenvalue weighted by atomic mass is 10.0. The Kier molecular flexibility index (Phi) is 6.72. The van der Waals surface area contributed by atoms with Gasteiger partial charge in [0.15, 0.2) is 10.8 Å². The predicted octanol–water partition coefficient (Wildman–Crippen LogP) is 0.599. The van der Waals surface area contributed by atoms with Gasteiger partial charge in [-0.1, -0.05) is 12.1 Å². The maximum Gasteiger partial charge on any atom is 0.352 e. The molecule has 2 aliphatic heterocycles. The first kappa shape index (κ1) is 21.8. The SMILES string of the molecule is CCCON=C(C(=O)NC1C(=O)N2C(C(=O)O)=CC(C)S[C@@H]12)c1csc(NC=O)n1. The van der Waals surface area contributed by atoms with Crippen LogP contribution >= 0.6 is 23.1 Å². The molecule has 1 aromatic heterocycles. The molecule has 1 fully saturated rings. The summed E-state index contributed by atoms with van der Waals surface area (Å²) in [5.41, 5.74) is -0.0591. The van der Waals surface area contributed by atoms with E-state index in [1.54, 1.807) is 0 Å². The molecule has 0 saturated carbocycles. The molecule has 3 amide bonds. The molecule has 1 aromatic rings. The molecule has 0 aromatic carbocycles. The number of hydrogen-bond acceptors (Lipinski definition) is 9. The van der Waals surface area contributed by atoms with E-state index in [4.69, 9.17) is 4.84 Å². The molecular weight excluding hydrogens is 434 g/mol. The number of hydrogen-bond donors (Lipinski definition) is 3. The highest BCUT2D eigenvalue weighted by Crippen LogP contribution is 2.40. The van der Waals surface area contributed by atoms with E-state index < -0.39 is 29.2 Å². The van der Waals surface area contributed by atoms with Gasteiger partial charge in [0.25, 0.3) is 11.8 Å². The lowest BCUT2D eigenvalue weighted by Crippen LogP contribution is -2.71. The van der Waals surface area contributed by atoms with Crippen LogP contribution in [0.25, 0.3) is 0 Å². The van der Waals surface area contributed by atoms with Gasteiger partial charge in [0.2, 0.25) is 6.41 Å². The second kappa shape index (κ2) is 9.26. The number of fused-ring (bicyclic) bond motifs is 1. The Morgan fingerprint density at radius 1 is 1.47 bits per heavy atom. The zero-order chi connectivity index (χ0) is 21.8. The number of anilines is 1. The normalized spacial score (nSPS) is 23.1. The maximum absolute atomic E-state index is 12.9. The fourth-order valence-electron chi connectivity index (χ4n) is 2.84. The average molecular weight is 454 g/mol. The van der Waals surface area contributed by atoms with Crippen molar-refractivity contribution in [2.75, 3.05) is 11.9 Å². The molecule has 30 heavy (non-hydrogen) atoms. The summed E-state index contributed by atoms with van der Waals surface area (Å²) in [7, 11) is 0. The summed E-state index contributed by atoms with van der Waals surface area (Å²) in [5, 5.41) is 19.3. The van der Waals surface area contributed by atoms with Gasteiger partial charge in [0, 0.05) is 10.6 Å². The number of thioether (sulfide) groups is 1. The van der Waals surface area contributed by atoms with Crippen LogP contribution < -0.4 is 10.6 Å². The summed E-state index contributed by atoms with van der Waals surface area (Å²) in [6.07, 6.45) is 2.63. The molecule has 11 nitrogen and oxygen atoms in total. The van der Waals surface area contributed by atoms with Crippen molar-refractivity contribution in [3.63, 3.8) is 0 Å². The van der Waals surface area contributed by atoms with Crippen LogP contribution in [0.5, 0.6) is 0 Å². The minimum atomic E-state index is -1.20. The number of nitrogens with zero attached hydrogens (tertiary/aromatic N) is 3. The van der Waals surface area contributed by atoms with Crippen molar-refractivity contribution >= 4 is 58.1 Å². The topological polar surface area (TPSA) is 150 Å². The van der Waals surface area contributed by atoms with Gasteiger partial charge in [-0.15, -0.1) is 23.1 Å². The Bertz CT molecular complexity index is 929. The van der Waals surface area contributed by atoms with Crippen molar-refractivity contribution in [1.29, 1.82) is 0 Å². The number of carbonyl (C=O) groups excluding carboxylic acids is 3. The zero-order valence-corrected chi connectivity index (χ0v) is 17.7. The lowest BCUT2D eigenvalue weighted by Gasteiger charge is -2.49. The van der Waals surface area contributed by atoms with Crippen LogP contribution in [0.15, 0.2) is 22.3 Å². The van der Waals surface area contributed by atoms with Gasteiger partial charge in [0.1, 0.15) is 29.4 Å². The molecular formula is C17H19N5O6S2. The first-order valence-electron chi connectivity index (χ1n) is 8.97. The van der Waals surface area contributed by atoms with E-state index in [1.165, 1.54) is 23.2 Å². The Hall–Kier alpha value is -2.93. The van der Waals surface area contributed by atoms with Crippen molar-refractivity contribution in [3.05, 3.63) is 22.8 Å². The van der Waals surface area contributed by atoms with Gasteiger partial charge in [-0.3, -0.25) is 19.3 Å². The average Bonchev–Trinajstić information content (AvgIpc) is 3.17. The first-order chi connectivity index (χ1) is 14.4. The van der Waals surface area contributed by atoms with E-state index in [1.807, 2.05) is 13.8 Å². The van der Waals surface area contributed by atoms with Gasteiger partial charge in [-0.05, 0) is 19.4 Å². The van der Waals surface area contributed by atoms with Gasteiger partial charge >= 0.3 is 5.97 Å². The van der Waals surface area contributed by atoms with Crippen LogP contribution in [0.2, 0.25) is 0 Å². The third-order valence-corrected chi connectivity index (χ3v) is 6.25. The molecule has 0 bridgehead atoms. The van der Waals surface area contributed by atoms with Gasteiger partial charge in [-0.25, -0.2) is 9.78 Å². The number of carbonyl (C=O) groups is 4. The van der Waals surface area contributed by atoms with E-state index in [0.29, 0.717) is 12.8 Å². The number of carboxylic acid groups (broad SMARTS) is 1. The van der Waals surface area contributed by atoms with E-state index >= 15 is 0 Å². The number of thiazole rings is 1. The number of β-lactam (4-membered cyclic amide) rings is 1. The second-order valence-electron chi connectivity index (χ2n) is 6.32. The van der Waals surface area contributed by atoms with Crippen LogP contribution in [0.3, 0.4) is 0 Å². The standard InChI is InChI=1S/C17H19N5O6S2/c1-3-4-28-21-11(9-6-29-17(19-9)18-7-23)13(24)20-12-14(25)22-10(16(26)27)5-8(2)30-15(12)22/h5-8,12,15H,3-4H2,1-2H3,(H,20,24)(H,26,27)(H,18,19,23)/t8?,12?,15-/m0/s1. The molecule has 3 N–H and O–H groups in total. The fourth-order valence-corrected chi connectivity index (χ4v) is 4.83. The number of nitrogens with one attached hydrogen (secondary N) is 2. The van der Waals surface area contributed by atoms with E-state index in [0.717, 1.165) is 16.2 Å². The maximum atomic E-state index is 12.9. The van der Waals surface area contributed by atoms with Crippen molar-refractivity contribution in [1.82, 2.24) is 15.2 Å². The summed E-state index contributed by atoms with van der Waals surface area (Å²) in [5.74, 6) is -2.40. The number of amides is 3. The molecule has 0 aliphatic carbocycles. The van der Waals surface area contributed by atoms with Gasteiger partial charge < -0.3 is 20.6 Å². The van der Waals surface area contributed by atoms with Crippen LogP contribution in [-0.4, -0.2) is 68.2 Å². The molecule has 3 heterocycles. The smallest absolute Gasteiger partial charge is 0.352 e. The van der Waals surface area contributed by atoms with Crippen molar-refractivity contribution in [3.8, 4) is 0 Å². The fraction of sp³-hybridized carbons (Fsp3) is 0.412. The summed E-state index contributed by atoms with van der Waals surface area (Å²) in [6, 6.07) is -0.907. The minimum absolute atomic E-state index is 0.0917. The monoisotopic (exact) mass is 453 g/mol. The molecule has 2 unspecified atom stereocenters. The van der Waals surface area contributed by atoms with E-state index in [-0.39, 0.29) is 34.1 Å². The van der Waals surface area contributed by atoms with Crippen molar-refractivity contribution in [2.24, 2.45) is 5.16 Å². The number of aliphatic carboxylic acids is 1. The third-order valence-electron chi connectivity index (χ3n) is 4.15. The zero-order valence-electron chi connectivity index (χ0n) is 16.0. The second-order valence-corrected chi connectivity index (χ2v) is 8.68. The summed E-state index contributed by atoms with van der Waals surface area (Å²) in [4.78, 5) is 57.8. The van der Waals surface area contributed by atoms with Crippen LogP contribution in [0, 0.1) is 0 Å². The summed E-state index contributed by atoms with van der Waals surface area (Å²) >= 11 is 2.47. The molecule has 2 aliphatic rings. The largest absolute Gasteiger partial charge is 0.477 e. The molecule has 3 atom stereocenters. The number of rotatable bonds is 9. The molecule has 0 radical (unpaired) electrons. The summed E-state index contributed by atoms with van der Waals surface area (Å²) in [6.45, 7) is 3.97. The molecule has 13 heteroatoms. The third kappa shape index (κ3) is 4.31. The van der Waals surface area contributed by atoms with Crippen LogP contribution in [-0.2, 0) is 24.0 Å². The number of oxime groups is 1. The Morgan fingerprint density at radius 2 is 2.23 bits per heavy atom. The first-order valence-corrected chi connectivity index (χ1v) is 10.8. The van der Waals surface area contributed by atoms with Crippen molar-refractivity contribution < 1.29 is 29.1 Å². The lowest BCUT2D eigenvalue weighted by molar-refractivity contribution is -0.150. The quantitative estimate of drug-likeness (QED) is 0.162. The predicted molar refractivity (Wildman–Crippen MR) is 110 cm³/mol. The Labute approximate surface area is 179 Å². The van der Waals surface area contributed by atoms with Crippen LogP contribution in [0.4, 0.5) is 5.13 Å². The number of aromatic nitrogens is 1. The summed E-state index contributed by atoms with van der Waals surface area (Å²) < 4.78 is 0. The Balaban J connectivity index is 1.78. The molecule has 160 valence electrons. The van der Waals surface area contributed by atoms with Crippen molar-refractivity contribution in [2.45, 2.75) is 36.9 Å².